The smallest absolute Gasteiger partial charge is 0.137 e. The van der Waals surface area contributed by atoms with Crippen molar-refractivity contribution in [2.45, 2.75) is 39.5 Å². The van der Waals surface area contributed by atoms with E-state index in [9.17, 15) is 0 Å². The molecule has 0 saturated carbocycles. The van der Waals surface area contributed by atoms with E-state index in [-0.39, 0.29) is 5.41 Å². The molecule has 0 aliphatic carbocycles. The van der Waals surface area contributed by atoms with E-state index in [1.807, 2.05) is 0 Å². The molecular weight excluding hydrogens is 379 g/mol. The average molecular weight is 399 g/mol. The van der Waals surface area contributed by atoms with E-state index in [0.717, 1.165) is 26.7 Å². The fraction of sp³-hybridized carbons (Fsp3) is 0.571. The van der Waals surface area contributed by atoms with Crippen molar-refractivity contribution < 1.29 is 4.74 Å². The zero-order valence-corrected chi connectivity index (χ0v) is 15.2. The van der Waals surface area contributed by atoms with Crippen LogP contribution >= 0.6 is 43.5 Å². The second-order valence-electron chi connectivity index (χ2n) is 5.32. The average Bonchev–Trinajstić information content (AvgIpc) is 2.27. The predicted molar refractivity (Wildman–Crippen MR) is 86.1 cm³/mol. The minimum Gasteiger partial charge on any atom is -0.492 e. The molecule has 0 amide bonds. The summed E-state index contributed by atoms with van der Waals surface area (Å²) < 4.78 is 8.04. The molecule has 1 rings (SSSR count). The highest BCUT2D eigenvalue weighted by Crippen LogP contribution is 2.42. The lowest BCUT2D eigenvalue weighted by Gasteiger charge is -2.25. The highest BCUT2D eigenvalue weighted by Gasteiger charge is 2.23. The van der Waals surface area contributed by atoms with Crippen molar-refractivity contribution in [3.05, 3.63) is 26.1 Å². The number of benzene rings is 1. The predicted octanol–water partition coefficient (Wildman–Crippen LogP) is 5.83. The minimum atomic E-state index is 0.0367. The lowest BCUT2D eigenvalue weighted by atomic mass is 9.86. The number of ether oxygens (including phenoxy) is 1. The molecule has 0 fully saturated rings. The topological polar surface area (TPSA) is 9.23 Å². The molecule has 0 aromatic heterocycles. The van der Waals surface area contributed by atoms with Crippen LogP contribution in [0.2, 0.25) is 0 Å². The molecular formula is C14H19Br2ClO. The maximum absolute atomic E-state index is 5.92. The molecule has 1 aromatic carbocycles. The van der Waals surface area contributed by atoms with Gasteiger partial charge in [-0.1, -0.05) is 36.7 Å². The van der Waals surface area contributed by atoms with Gasteiger partial charge in [0.25, 0.3) is 0 Å². The summed E-state index contributed by atoms with van der Waals surface area (Å²) in [4.78, 5) is 0. The van der Waals surface area contributed by atoms with Gasteiger partial charge in [0.15, 0.2) is 0 Å². The molecule has 0 unspecified atom stereocenters. The minimum absolute atomic E-state index is 0.0367. The van der Waals surface area contributed by atoms with E-state index < -0.39 is 0 Å². The van der Waals surface area contributed by atoms with Crippen LogP contribution in [0.25, 0.3) is 0 Å². The molecule has 0 aliphatic rings. The maximum Gasteiger partial charge on any atom is 0.137 e. The zero-order valence-electron chi connectivity index (χ0n) is 11.2. The molecule has 0 saturated heterocycles. The van der Waals surface area contributed by atoms with Crippen LogP contribution in [0.4, 0.5) is 0 Å². The Kier molecular flexibility index (Phi) is 6.01. The van der Waals surface area contributed by atoms with Crippen molar-refractivity contribution >= 4 is 43.5 Å². The molecule has 4 heteroatoms. The van der Waals surface area contributed by atoms with Crippen LogP contribution in [0, 0.1) is 6.92 Å². The Bertz CT molecular complexity index is 425. The van der Waals surface area contributed by atoms with E-state index in [1.165, 1.54) is 5.56 Å². The summed E-state index contributed by atoms with van der Waals surface area (Å²) >= 11 is 12.9. The van der Waals surface area contributed by atoms with Crippen molar-refractivity contribution in [2.75, 3.05) is 12.5 Å². The van der Waals surface area contributed by atoms with Gasteiger partial charge in [-0.25, -0.2) is 0 Å². The Balaban J connectivity index is 3.22. The fourth-order valence-corrected chi connectivity index (χ4v) is 2.96. The summed E-state index contributed by atoms with van der Waals surface area (Å²) in [5.74, 6) is 1.56. The molecule has 18 heavy (non-hydrogen) atoms. The van der Waals surface area contributed by atoms with Gasteiger partial charge < -0.3 is 4.74 Å². The summed E-state index contributed by atoms with van der Waals surface area (Å²) in [7, 11) is 0. The van der Waals surface area contributed by atoms with Gasteiger partial charge in [-0.15, -0.1) is 11.6 Å². The number of alkyl halides is 1. The van der Waals surface area contributed by atoms with Crippen LogP contribution in [-0.2, 0) is 5.41 Å². The van der Waals surface area contributed by atoms with E-state index >= 15 is 0 Å². The highest BCUT2D eigenvalue weighted by atomic mass is 79.9. The second-order valence-corrected chi connectivity index (χ2v) is 7.34. The number of rotatable bonds is 4. The monoisotopic (exact) mass is 396 g/mol. The van der Waals surface area contributed by atoms with Gasteiger partial charge in [0.2, 0.25) is 0 Å². The fourth-order valence-electron chi connectivity index (χ4n) is 1.62. The molecule has 0 bridgehead atoms. The van der Waals surface area contributed by atoms with Crippen LogP contribution < -0.4 is 4.74 Å². The maximum atomic E-state index is 5.92. The molecule has 0 N–H and O–H groups in total. The van der Waals surface area contributed by atoms with Crippen LogP contribution in [-0.4, -0.2) is 12.5 Å². The summed E-state index contributed by atoms with van der Waals surface area (Å²) in [6, 6.07) is 2.15. The number of halogens is 3. The van der Waals surface area contributed by atoms with Crippen LogP contribution in [0.3, 0.4) is 0 Å². The number of hydrogen-bond donors (Lipinski definition) is 0. The Morgan fingerprint density at radius 1 is 1.28 bits per heavy atom. The zero-order chi connectivity index (χ0) is 13.9. The summed E-state index contributed by atoms with van der Waals surface area (Å²) in [6.45, 7) is 9.27. The van der Waals surface area contributed by atoms with Crippen molar-refractivity contribution in [2.24, 2.45) is 0 Å². The molecule has 0 spiro atoms. The quantitative estimate of drug-likeness (QED) is 0.458. The number of hydrogen-bond acceptors (Lipinski definition) is 1. The molecule has 1 aromatic rings. The third-order valence-electron chi connectivity index (χ3n) is 2.73. The Morgan fingerprint density at radius 2 is 1.89 bits per heavy atom. The Hall–Kier alpha value is 0.270. The van der Waals surface area contributed by atoms with Gasteiger partial charge in [-0.2, -0.15) is 0 Å². The van der Waals surface area contributed by atoms with E-state index in [0.29, 0.717) is 12.5 Å². The first-order chi connectivity index (χ1) is 8.29. The molecule has 1 nitrogen and oxygen atoms in total. The van der Waals surface area contributed by atoms with Crippen LogP contribution in [0.5, 0.6) is 5.75 Å². The lowest BCUT2D eigenvalue weighted by molar-refractivity contribution is 0.307. The van der Waals surface area contributed by atoms with Crippen molar-refractivity contribution in [1.82, 2.24) is 0 Å². The van der Waals surface area contributed by atoms with Gasteiger partial charge in [0.1, 0.15) is 5.75 Å². The first-order valence-corrected chi connectivity index (χ1v) is 8.09. The van der Waals surface area contributed by atoms with Gasteiger partial charge in [0, 0.05) is 15.9 Å². The molecule has 0 heterocycles. The van der Waals surface area contributed by atoms with Crippen molar-refractivity contribution in [3.8, 4) is 5.75 Å². The second kappa shape index (κ2) is 6.62. The molecule has 0 radical (unpaired) electrons. The van der Waals surface area contributed by atoms with Crippen molar-refractivity contribution in [3.63, 3.8) is 0 Å². The summed E-state index contributed by atoms with van der Waals surface area (Å²) in [5, 5.41) is 0. The lowest BCUT2D eigenvalue weighted by Crippen LogP contribution is -2.15. The van der Waals surface area contributed by atoms with Crippen LogP contribution in [0.15, 0.2) is 15.0 Å². The van der Waals surface area contributed by atoms with Gasteiger partial charge in [-0.05, 0) is 46.3 Å². The Morgan fingerprint density at radius 3 is 2.39 bits per heavy atom. The first kappa shape index (κ1) is 16.3. The summed E-state index contributed by atoms with van der Waals surface area (Å²) in [5.41, 5.74) is 2.39. The van der Waals surface area contributed by atoms with Crippen LogP contribution in [0.1, 0.15) is 38.3 Å². The standard InChI is InChI=1S/C14H19Br2ClO/c1-9-11(15)8-10(14(2,3)4)13(12(9)16)18-7-5-6-17/h8H,5-7H2,1-4H3. The third kappa shape index (κ3) is 3.88. The Labute approximate surface area is 132 Å². The third-order valence-corrected chi connectivity index (χ3v) is 4.78. The molecule has 102 valence electrons. The SMILES string of the molecule is Cc1c(Br)cc(C(C)(C)C)c(OCCCCl)c1Br. The van der Waals surface area contributed by atoms with E-state index in [2.05, 4.69) is 65.6 Å². The van der Waals surface area contributed by atoms with Crippen molar-refractivity contribution in [1.29, 1.82) is 0 Å². The molecule has 0 aliphatic heterocycles. The van der Waals surface area contributed by atoms with E-state index in [1.54, 1.807) is 0 Å². The molecule has 0 atom stereocenters. The normalized spacial score (nSPS) is 11.7. The largest absolute Gasteiger partial charge is 0.492 e. The summed E-state index contributed by atoms with van der Waals surface area (Å²) in [6.07, 6.45) is 0.854. The highest BCUT2D eigenvalue weighted by molar-refractivity contribution is 9.11. The van der Waals surface area contributed by atoms with E-state index in [4.69, 9.17) is 16.3 Å². The van der Waals surface area contributed by atoms with Gasteiger partial charge >= 0.3 is 0 Å². The van der Waals surface area contributed by atoms with Gasteiger partial charge in [-0.3, -0.25) is 0 Å². The first-order valence-electron chi connectivity index (χ1n) is 5.97. The van der Waals surface area contributed by atoms with Gasteiger partial charge in [0.05, 0.1) is 11.1 Å².